The second kappa shape index (κ2) is 7.41. The predicted molar refractivity (Wildman–Crippen MR) is 81.3 cm³/mol. The van der Waals surface area contributed by atoms with Crippen molar-refractivity contribution in [1.29, 1.82) is 0 Å². The van der Waals surface area contributed by atoms with E-state index in [1.165, 1.54) is 5.56 Å². The van der Waals surface area contributed by atoms with Crippen LogP contribution in [-0.4, -0.2) is 37.0 Å². The molecule has 1 aromatic rings. The number of carbonyl (C=O) groups is 1. The molecule has 0 radical (unpaired) electrons. The van der Waals surface area contributed by atoms with E-state index in [1.807, 2.05) is 0 Å². The van der Waals surface area contributed by atoms with Crippen molar-refractivity contribution in [2.75, 3.05) is 26.2 Å². The van der Waals surface area contributed by atoms with E-state index < -0.39 is 0 Å². The standard InChI is InChI=1S/C16H25N3O/c1-3-19(4-2)12-14-7-5-13(6-8-14)9-18-16(20)15-10-17-11-15/h5-8,15,17H,3-4,9-12H2,1-2H3,(H,18,20). The third-order valence-electron chi connectivity index (χ3n) is 3.94. The van der Waals surface area contributed by atoms with Crippen LogP contribution in [-0.2, 0) is 17.9 Å². The molecule has 0 saturated carbocycles. The summed E-state index contributed by atoms with van der Waals surface area (Å²) in [5.74, 6) is 0.327. The fourth-order valence-corrected chi connectivity index (χ4v) is 2.28. The van der Waals surface area contributed by atoms with E-state index >= 15 is 0 Å². The van der Waals surface area contributed by atoms with E-state index in [2.05, 4.69) is 53.6 Å². The minimum absolute atomic E-state index is 0.163. The highest BCUT2D eigenvalue weighted by Crippen LogP contribution is 2.08. The Morgan fingerprint density at radius 1 is 1.20 bits per heavy atom. The lowest BCUT2D eigenvalue weighted by atomic mass is 10.0. The summed E-state index contributed by atoms with van der Waals surface area (Å²) in [6.45, 7) is 9.76. The first-order valence-electron chi connectivity index (χ1n) is 7.51. The van der Waals surface area contributed by atoms with E-state index in [0.717, 1.165) is 38.3 Å². The van der Waals surface area contributed by atoms with Gasteiger partial charge in [0.25, 0.3) is 0 Å². The molecule has 1 aliphatic heterocycles. The molecule has 0 aliphatic carbocycles. The van der Waals surface area contributed by atoms with Gasteiger partial charge in [-0.1, -0.05) is 38.1 Å². The zero-order valence-corrected chi connectivity index (χ0v) is 12.5. The van der Waals surface area contributed by atoms with Crippen LogP contribution >= 0.6 is 0 Å². The van der Waals surface area contributed by atoms with Gasteiger partial charge in [-0.25, -0.2) is 0 Å². The molecule has 1 saturated heterocycles. The van der Waals surface area contributed by atoms with Crippen molar-refractivity contribution in [3.8, 4) is 0 Å². The summed E-state index contributed by atoms with van der Waals surface area (Å²) in [6, 6.07) is 8.53. The molecular formula is C16H25N3O. The van der Waals surface area contributed by atoms with Crippen molar-refractivity contribution in [2.45, 2.75) is 26.9 Å². The van der Waals surface area contributed by atoms with Crippen LogP contribution in [0.1, 0.15) is 25.0 Å². The monoisotopic (exact) mass is 275 g/mol. The van der Waals surface area contributed by atoms with Crippen LogP contribution in [0.4, 0.5) is 0 Å². The van der Waals surface area contributed by atoms with E-state index in [9.17, 15) is 4.79 Å². The fourth-order valence-electron chi connectivity index (χ4n) is 2.28. The molecule has 1 fully saturated rings. The lowest BCUT2D eigenvalue weighted by Gasteiger charge is -2.25. The normalized spacial score (nSPS) is 15.2. The first-order valence-corrected chi connectivity index (χ1v) is 7.51. The van der Waals surface area contributed by atoms with Crippen LogP contribution < -0.4 is 10.6 Å². The van der Waals surface area contributed by atoms with Gasteiger partial charge in [-0.15, -0.1) is 0 Å². The van der Waals surface area contributed by atoms with Crippen LogP contribution in [0.3, 0.4) is 0 Å². The maximum atomic E-state index is 11.7. The average molecular weight is 275 g/mol. The number of hydrogen-bond acceptors (Lipinski definition) is 3. The Morgan fingerprint density at radius 3 is 2.30 bits per heavy atom. The number of nitrogens with one attached hydrogen (secondary N) is 2. The van der Waals surface area contributed by atoms with Gasteiger partial charge in [0.15, 0.2) is 0 Å². The number of amides is 1. The lowest BCUT2D eigenvalue weighted by molar-refractivity contribution is -0.126. The van der Waals surface area contributed by atoms with Gasteiger partial charge in [0.2, 0.25) is 5.91 Å². The highest BCUT2D eigenvalue weighted by molar-refractivity contribution is 5.79. The summed E-state index contributed by atoms with van der Waals surface area (Å²) in [5.41, 5.74) is 2.49. The molecule has 0 unspecified atom stereocenters. The molecule has 4 heteroatoms. The van der Waals surface area contributed by atoms with Crippen LogP contribution in [0, 0.1) is 5.92 Å². The molecule has 2 rings (SSSR count). The Balaban J connectivity index is 1.80. The lowest BCUT2D eigenvalue weighted by Crippen LogP contribution is -2.50. The molecule has 0 aromatic heterocycles. The van der Waals surface area contributed by atoms with Gasteiger partial charge in [-0.05, 0) is 24.2 Å². The topological polar surface area (TPSA) is 44.4 Å². The van der Waals surface area contributed by atoms with Gasteiger partial charge in [-0.2, -0.15) is 0 Å². The summed E-state index contributed by atoms with van der Waals surface area (Å²) >= 11 is 0. The largest absolute Gasteiger partial charge is 0.352 e. The van der Waals surface area contributed by atoms with Crippen molar-refractivity contribution >= 4 is 5.91 Å². The van der Waals surface area contributed by atoms with Gasteiger partial charge in [0, 0.05) is 26.2 Å². The van der Waals surface area contributed by atoms with Gasteiger partial charge >= 0.3 is 0 Å². The second-order valence-corrected chi connectivity index (χ2v) is 5.35. The number of nitrogens with zero attached hydrogens (tertiary/aromatic N) is 1. The first-order chi connectivity index (χ1) is 9.72. The molecule has 110 valence electrons. The molecule has 1 amide bonds. The summed E-state index contributed by atoms with van der Waals surface area (Å²) in [7, 11) is 0. The minimum Gasteiger partial charge on any atom is -0.352 e. The van der Waals surface area contributed by atoms with Gasteiger partial charge in [0.1, 0.15) is 0 Å². The number of carbonyl (C=O) groups excluding carboxylic acids is 1. The van der Waals surface area contributed by atoms with E-state index in [4.69, 9.17) is 0 Å². The highest BCUT2D eigenvalue weighted by atomic mass is 16.2. The van der Waals surface area contributed by atoms with Crippen LogP contribution in [0.25, 0.3) is 0 Å². The smallest absolute Gasteiger partial charge is 0.225 e. The maximum Gasteiger partial charge on any atom is 0.225 e. The van der Waals surface area contributed by atoms with Crippen molar-refractivity contribution < 1.29 is 4.79 Å². The Morgan fingerprint density at radius 2 is 1.80 bits per heavy atom. The Kier molecular flexibility index (Phi) is 5.56. The molecule has 1 heterocycles. The molecule has 2 N–H and O–H groups in total. The number of hydrogen-bond donors (Lipinski definition) is 2. The molecule has 20 heavy (non-hydrogen) atoms. The van der Waals surface area contributed by atoms with Crippen molar-refractivity contribution in [1.82, 2.24) is 15.5 Å². The molecule has 0 bridgehead atoms. The molecule has 4 nitrogen and oxygen atoms in total. The summed E-state index contributed by atoms with van der Waals surface area (Å²) < 4.78 is 0. The van der Waals surface area contributed by atoms with Crippen LogP contribution in [0.15, 0.2) is 24.3 Å². The van der Waals surface area contributed by atoms with E-state index in [-0.39, 0.29) is 11.8 Å². The van der Waals surface area contributed by atoms with E-state index in [0.29, 0.717) is 6.54 Å². The predicted octanol–water partition coefficient (Wildman–Crippen LogP) is 1.36. The molecule has 1 aromatic carbocycles. The Labute approximate surface area is 121 Å². The van der Waals surface area contributed by atoms with Crippen molar-refractivity contribution in [2.24, 2.45) is 5.92 Å². The quantitative estimate of drug-likeness (QED) is 0.790. The SMILES string of the molecule is CCN(CC)Cc1ccc(CNC(=O)C2CNC2)cc1. The number of rotatable bonds is 7. The van der Waals surface area contributed by atoms with E-state index in [1.54, 1.807) is 0 Å². The third-order valence-corrected chi connectivity index (χ3v) is 3.94. The second-order valence-electron chi connectivity index (χ2n) is 5.35. The molecular weight excluding hydrogens is 250 g/mol. The minimum atomic E-state index is 0.163. The molecule has 0 atom stereocenters. The van der Waals surface area contributed by atoms with Gasteiger partial charge in [-0.3, -0.25) is 9.69 Å². The molecule has 1 aliphatic rings. The summed E-state index contributed by atoms with van der Waals surface area (Å²) in [6.07, 6.45) is 0. The van der Waals surface area contributed by atoms with Crippen molar-refractivity contribution in [3.05, 3.63) is 35.4 Å². The third kappa shape index (κ3) is 4.05. The Bertz CT molecular complexity index is 422. The average Bonchev–Trinajstić information content (AvgIpc) is 2.42. The first kappa shape index (κ1) is 15.0. The van der Waals surface area contributed by atoms with Crippen molar-refractivity contribution in [3.63, 3.8) is 0 Å². The zero-order valence-electron chi connectivity index (χ0n) is 12.5. The summed E-state index contributed by atoms with van der Waals surface area (Å²) in [4.78, 5) is 14.1. The Hall–Kier alpha value is -1.39. The highest BCUT2D eigenvalue weighted by Gasteiger charge is 2.24. The van der Waals surface area contributed by atoms with Gasteiger partial charge in [0.05, 0.1) is 5.92 Å². The van der Waals surface area contributed by atoms with Gasteiger partial charge < -0.3 is 10.6 Å². The summed E-state index contributed by atoms with van der Waals surface area (Å²) in [5, 5.41) is 6.11. The maximum absolute atomic E-state index is 11.7. The fraction of sp³-hybridized carbons (Fsp3) is 0.562. The number of benzene rings is 1. The molecule has 0 spiro atoms. The zero-order chi connectivity index (χ0) is 14.4. The van der Waals surface area contributed by atoms with Crippen LogP contribution in [0.5, 0.6) is 0 Å². The van der Waals surface area contributed by atoms with Crippen LogP contribution in [0.2, 0.25) is 0 Å².